The summed E-state index contributed by atoms with van der Waals surface area (Å²) in [6.07, 6.45) is 1.09. The molecule has 3 heteroatoms. The van der Waals surface area contributed by atoms with Crippen LogP contribution in [-0.2, 0) is 0 Å². The molecule has 0 aromatic heterocycles. The lowest BCUT2D eigenvalue weighted by Gasteiger charge is -2.01. The number of nitrogens with two attached hydrogens (primary N) is 1. The Kier molecular flexibility index (Phi) is 2.03. The Hall–Kier alpha value is -0.150. The van der Waals surface area contributed by atoms with Crippen LogP contribution in [0.1, 0.15) is 20.3 Å². The Balaban J connectivity index is 2.58. The molecule has 0 aromatic carbocycles. The molecule has 0 spiro atoms. The average Bonchev–Trinajstić information content (AvgIpc) is 2.10. The van der Waals surface area contributed by atoms with Crippen molar-refractivity contribution < 1.29 is 0 Å². The van der Waals surface area contributed by atoms with Crippen molar-refractivity contribution in [3.63, 3.8) is 0 Å². The second-order valence-corrected chi connectivity index (χ2v) is 3.32. The maximum absolute atomic E-state index is 5.60. The second-order valence-electron chi connectivity index (χ2n) is 2.08. The van der Waals surface area contributed by atoms with Gasteiger partial charge in [0.25, 0.3) is 0 Å². The standard InChI is InChI=1S/C6H12N2S/c1-3-5-4(2)8-6(7)9-5/h6,8H,3,7H2,1-2H3. The van der Waals surface area contributed by atoms with E-state index in [1.807, 2.05) is 0 Å². The van der Waals surface area contributed by atoms with E-state index in [9.17, 15) is 0 Å². The minimum absolute atomic E-state index is 0.0972. The number of nitrogens with one attached hydrogen (secondary N) is 1. The minimum atomic E-state index is 0.0972. The van der Waals surface area contributed by atoms with Gasteiger partial charge in [-0.15, -0.1) is 0 Å². The third-order valence-corrected chi connectivity index (χ3v) is 2.62. The van der Waals surface area contributed by atoms with E-state index in [-0.39, 0.29) is 5.50 Å². The zero-order valence-corrected chi connectivity index (χ0v) is 6.59. The van der Waals surface area contributed by atoms with Crippen LogP contribution in [0.5, 0.6) is 0 Å². The summed E-state index contributed by atoms with van der Waals surface area (Å²) in [4.78, 5) is 1.39. The second kappa shape index (κ2) is 2.62. The van der Waals surface area contributed by atoms with Crippen molar-refractivity contribution in [2.24, 2.45) is 5.73 Å². The summed E-state index contributed by atoms with van der Waals surface area (Å²) in [5, 5.41) is 3.14. The number of hydrogen-bond acceptors (Lipinski definition) is 3. The van der Waals surface area contributed by atoms with Gasteiger partial charge in [-0.3, -0.25) is 0 Å². The van der Waals surface area contributed by atoms with E-state index in [1.165, 1.54) is 10.6 Å². The lowest BCUT2D eigenvalue weighted by Crippen LogP contribution is -2.28. The molecule has 1 aliphatic rings. The van der Waals surface area contributed by atoms with Gasteiger partial charge >= 0.3 is 0 Å². The highest BCUT2D eigenvalue weighted by Crippen LogP contribution is 2.29. The molecule has 0 aliphatic carbocycles. The monoisotopic (exact) mass is 144 g/mol. The van der Waals surface area contributed by atoms with E-state index in [2.05, 4.69) is 19.2 Å². The first-order valence-electron chi connectivity index (χ1n) is 3.12. The lowest BCUT2D eigenvalue weighted by molar-refractivity contribution is 0.787. The van der Waals surface area contributed by atoms with Crippen LogP contribution in [0.2, 0.25) is 0 Å². The van der Waals surface area contributed by atoms with Crippen LogP contribution in [-0.4, -0.2) is 5.50 Å². The first kappa shape index (κ1) is 6.96. The van der Waals surface area contributed by atoms with Crippen LogP contribution >= 0.6 is 11.8 Å². The molecule has 3 N–H and O–H groups in total. The molecule has 1 atom stereocenters. The first-order chi connectivity index (χ1) is 4.24. The predicted molar refractivity (Wildman–Crippen MR) is 41.7 cm³/mol. The minimum Gasteiger partial charge on any atom is -0.364 e. The van der Waals surface area contributed by atoms with Gasteiger partial charge in [-0.1, -0.05) is 18.7 Å². The van der Waals surface area contributed by atoms with Gasteiger partial charge in [-0.25, -0.2) is 0 Å². The van der Waals surface area contributed by atoms with E-state index in [0.29, 0.717) is 0 Å². The van der Waals surface area contributed by atoms with E-state index < -0.39 is 0 Å². The van der Waals surface area contributed by atoms with E-state index in [4.69, 9.17) is 5.73 Å². The number of allylic oxidation sites excluding steroid dienone is 2. The summed E-state index contributed by atoms with van der Waals surface area (Å²) in [5.74, 6) is 0. The molecule has 0 amide bonds. The zero-order chi connectivity index (χ0) is 6.85. The predicted octanol–water partition coefficient (Wildman–Crippen LogP) is 1.21. The van der Waals surface area contributed by atoms with Crippen molar-refractivity contribution in [1.29, 1.82) is 0 Å². The van der Waals surface area contributed by atoms with Gasteiger partial charge < -0.3 is 11.1 Å². The Morgan fingerprint density at radius 1 is 1.78 bits per heavy atom. The van der Waals surface area contributed by atoms with Crippen LogP contribution in [0.3, 0.4) is 0 Å². The third kappa shape index (κ3) is 1.40. The van der Waals surface area contributed by atoms with Crippen molar-refractivity contribution in [3.05, 3.63) is 10.6 Å². The van der Waals surface area contributed by atoms with E-state index in [0.717, 1.165) is 6.42 Å². The molecule has 0 radical (unpaired) electrons. The first-order valence-corrected chi connectivity index (χ1v) is 4.00. The van der Waals surface area contributed by atoms with Gasteiger partial charge in [0, 0.05) is 10.6 Å². The summed E-state index contributed by atoms with van der Waals surface area (Å²) in [7, 11) is 0. The normalized spacial score (nSPS) is 26.8. The Labute approximate surface area is 59.9 Å². The molecule has 0 saturated carbocycles. The van der Waals surface area contributed by atoms with Gasteiger partial charge in [0.05, 0.1) is 0 Å². The zero-order valence-electron chi connectivity index (χ0n) is 5.77. The average molecular weight is 144 g/mol. The number of hydrogen-bond donors (Lipinski definition) is 2. The van der Waals surface area contributed by atoms with Gasteiger partial charge in [0.15, 0.2) is 0 Å². The molecule has 52 valence electrons. The van der Waals surface area contributed by atoms with Crippen molar-refractivity contribution in [2.45, 2.75) is 25.8 Å². The highest BCUT2D eigenvalue weighted by Gasteiger charge is 2.15. The molecule has 1 heterocycles. The molecule has 0 fully saturated rings. The van der Waals surface area contributed by atoms with Crippen LogP contribution in [0.4, 0.5) is 0 Å². The topological polar surface area (TPSA) is 38.0 Å². The number of thioether (sulfide) groups is 1. The van der Waals surface area contributed by atoms with E-state index in [1.54, 1.807) is 11.8 Å². The van der Waals surface area contributed by atoms with Gasteiger partial charge in [-0.2, -0.15) is 0 Å². The van der Waals surface area contributed by atoms with Gasteiger partial charge in [-0.05, 0) is 13.3 Å². The molecule has 2 nitrogen and oxygen atoms in total. The molecule has 0 aromatic rings. The van der Waals surface area contributed by atoms with Crippen molar-refractivity contribution >= 4 is 11.8 Å². The Morgan fingerprint density at radius 2 is 2.44 bits per heavy atom. The maximum Gasteiger partial charge on any atom is 0.127 e. The van der Waals surface area contributed by atoms with E-state index >= 15 is 0 Å². The van der Waals surface area contributed by atoms with Gasteiger partial charge in [0.2, 0.25) is 0 Å². The maximum atomic E-state index is 5.60. The van der Waals surface area contributed by atoms with Gasteiger partial charge in [0.1, 0.15) is 5.50 Å². The number of rotatable bonds is 1. The fourth-order valence-electron chi connectivity index (χ4n) is 0.913. The smallest absolute Gasteiger partial charge is 0.127 e. The van der Waals surface area contributed by atoms with Crippen molar-refractivity contribution in [1.82, 2.24) is 5.32 Å². The molecule has 0 saturated heterocycles. The fraction of sp³-hybridized carbons (Fsp3) is 0.667. The third-order valence-electron chi connectivity index (χ3n) is 1.37. The SMILES string of the molecule is CCC1=C(C)NC(N)S1. The van der Waals surface area contributed by atoms with Crippen LogP contribution in [0, 0.1) is 0 Å². The van der Waals surface area contributed by atoms with Crippen LogP contribution in [0.25, 0.3) is 0 Å². The fourth-order valence-corrected chi connectivity index (χ4v) is 1.86. The molecule has 0 bridgehead atoms. The highest BCUT2D eigenvalue weighted by atomic mass is 32.2. The largest absolute Gasteiger partial charge is 0.364 e. The summed E-state index contributed by atoms with van der Waals surface area (Å²) >= 11 is 1.72. The summed E-state index contributed by atoms with van der Waals surface area (Å²) in [6, 6.07) is 0. The molecular weight excluding hydrogens is 132 g/mol. The molecular formula is C6H12N2S. The molecule has 1 aliphatic heterocycles. The van der Waals surface area contributed by atoms with Crippen LogP contribution < -0.4 is 11.1 Å². The van der Waals surface area contributed by atoms with Crippen LogP contribution in [0.15, 0.2) is 10.6 Å². The summed E-state index contributed by atoms with van der Waals surface area (Å²) in [6.45, 7) is 4.21. The molecule has 1 unspecified atom stereocenters. The van der Waals surface area contributed by atoms with Crippen molar-refractivity contribution in [3.8, 4) is 0 Å². The molecule has 1 rings (SSSR count). The Bertz CT molecular complexity index is 142. The molecule has 9 heavy (non-hydrogen) atoms. The van der Waals surface area contributed by atoms with Crippen molar-refractivity contribution in [2.75, 3.05) is 0 Å². The highest BCUT2D eigenvalue weighted by molar-refractivity contribution is 8.03. The summed E-state index contributed by atoms with van der Waals surface area (Å²) in [5.41, 5.74) is 6.94. The quantitative estimate of drug-likeness (QED) is 0.581. The lowest BCUT2D eigenvalue weighted by atomic mass is 10.3. The Morgan fingerprint density at radius 3 is 2.67 bits per heavy atom. The summed E-state index contributed by atoms with van der Waals surface area (Å²) < 4.78 is 0.